The van der Waals surface area contributed by atoms with Crippen LogP contribution in [0.4, 0.5) is 0 Å². The van der Waals surface area contributed by atoms with Crippen molar-refractivity contribution in [1.29, 1.82) is 0 Å². The molecule has 0 saturated heterocycles. The summed E-state index contributed by atoms with van der Waals surface area (Å²) in [6.07, 6.45) is 85.2. The van der Waals surface area contributed by atoms with Gasteiger partial charge in [0.05, 0.1) is 0 Å². The average molecular weight is 1130 g/mol. The molecule has 0 aromatic carbocycles. The van der Waals surface area contributed by atoms with Gasteiger partial charge in [0.2, 0.25) is 0 Å². The van der Waals surface area contributed by atoms with Crippen LogP contribution in [0.5, 0.6) is 0 Å². The summed E-state index contributed by atoms with van der Waals surface area (Å²) in [4.78, 5) is 38.3. The van der Waals surface area contributed by atoms with E-state index >= 15 is 0 Å². The van der Waals surface area contributed by atoms with Crippen LogP contribution in [0.2, 0.25) is 0 Å². The highest BCUT2D eigenvalue weighted by Gasteiger charge is 2.19. The van der Waals surface area contributed by atoms with Crippen molar-refractivity contribution in [3.8, 4) is 0 Å². The zero-order valence-electron chi connectivity index (χ0n) is 54.4. The van der Waals surface area contributed by atoms with Crippen LogP contribution in [0.25, 0.3) is 0 Å². The minimum atomic E-state index is -0.770. The first-order valence-electron chi connectivity index (χ1n) is 36.3. The van der Waals surface area contributed by atoms with Crippen molar-refractivity contribution < 1.29 is 28.6 Å². The van der Waals surface area contributed by atoms with Crippen molar-refractivity contribution in [1.82, 2.24) is 0 Å². The Bertz CT molecular complexity index is 1290. The van der Waals surface area contributed by atoms with Crippen LogP contribution >= 0.6 is 0 Å². The third-order valence-electron chi connectivity index (χ3n) is 16.7. The molecule has 472 valence electrons. The lowest BCUT2D eigenvalue weighted by atomic mass is 10.0. The number of esters is 3. The Hall–Kier alpha value is -2.11. The molecule has 0 rings (SSSR count). The molecule has 6 nitrogen and oxygen atoms in total. The highest BCUT2D eigenvalue weighted by molar-refractivity contribution is 5.71. The van der Waals surface area contributed by atoms with E-state index in [9.17, 15) is 14.4 Å². The van der Waals surface area contributed by atoms with Crippen molar-refractivity contribution in [3.05, 3.63) is 24.3 Å². The number of carbonyl (C=O) groups excluding carboxylic acids is 3. The monoisotopic (exact) mass is 1130 g/mol. The molecular weight excluding hydrogens is 985 g/mol. The second kappa shape index (κ2) is 69.4. The number of carbonyl (C=O) groups is 3. The Morgan fingerprint density at radius 3 is 0.650 bits per heavy atom. The molecular formula is C74H140O6. The summed E-state index contributed by atoms with van der Waals surface area (Å²) >= 11 is 0. The van der Waals surface area contributed by atoms with E-state index in [1.54, 1.807) is 0 Å². The van der Waals surface area contributed by atoms with Crippen molar-refractivity contribution in [2.45, 2.75) is 419 Å². The quantitative estimate of drug-likeness (QED) is 0.0261. The van der Waals surface area contributed by atoms with E-state index < -0.39 is 6.10 Å². The van der Waals surface area contributed by atoms with Gasteiger partial charge in [0.15, 0.2) is 6.10 Å². The normalized spacial score (nSPS) is 12.1. The van der Waals surface area contributed by atoms with Gasteiger partial charge in [-0.15, -0.1) is 0 Å². The first kappa shape index (κ1) is 77.9. The molecule has 6 heteroatoms. The highest BCUT2D eigenvalue weighted by atomic mass is 16.6. The molecule has 0 amide bonds. The molecule has 0 aromatic heterocycles. The largest absolute Gasteiger partial charge is 0.462 e. The molecule has 0 radical (unpaired) electrons. The summed E-state index contributed by atoms with van der Waals surface area (Å²) in [5.74, 6) is -0.846. The maximum Gasteiger partial charge on any atom is 0.306 e. The van der Waals surface area contributed by atoms with Crippen LogP contribution in [0, 0.1) is 0 Å². The van der Waals surface area contributed by atoms with E-state index in [2.05, 4.69) is 45.1 Å². The molecule has 0 aliphatic carbocycles. The number of rotatable bonds is 68. The molecule has 0 aliphatic rings. The average Bonchev–Trinajstić information content (AvgIpc) is 3.46. The van der Waals surface area contributed by atoms with E-state index in [-0.39, 0.29) is 31.1 Å². The predicted octanol–water partition coefficient (Wildman–Crippen LogP) is 25.0. The minimum Gasteiger partial charge on any atom is -0.462 e. The number of ether oxygens (including phenoxy) is 3. The summed E-state index contributed by atoms with van der Waals surface area (Å²) in [5.41, 5.74) is 0. The van der Waals surface area contributed by atoms with Crippen LogP contribution in [-0.2, 0) is 28.6 Å². The van der Waals surface area contributed by atoms with Gasteiger partial charge < -0.3 is 14.2 Å². The van der Waals surface area contributed by atoms with Crippen LogP contribution in [0.15, 0.2) is 24.3 Å². The minimum absolute atomic E-state index is 0.0672. The Balaban J connectivity index is 4.07. The van der Waals surface area contributed by atoms with Gasteiger partial charge in [-0.3, -0.25) is 14.4 Å². The van der Waals surface area contributed by atoms with Crippen LogP contribution in [-0.4, -0.2) is 37.2 Å². The number of unbranched alkanes of at least 4 members (excludes halogenated alkanes) is 53. The summed E-state index contributed by atoms with van der Waals surface area (Å²) in [7, 11) is 0. The molecule has 0 heterocycles. The molecule has 0 fully saturated rings. The van der Waals surface area contributed by atoms with Crippen molar-refractivity contribution in [2.75, 3.05) is 13.2 Å². The topological polar surface area (TPSA) is 78.9 Å². The first-order valence-corrected chi connectivity index (χ1v) is 36.3. The number of hydrogen-bond acceptors (Lipinski definition) is 6. The summed E-state index contributed by atoms with van der Waals surface area (Å²) < 4.78 is 17.0. The van der Waals surface area contributed by atoms with Crippen molar-refractivity contribution in [2.24, 2.45) is 0 Å². The molecule has 0 N–H and O–H groups in total. The predicted molar refractivity (Wildman–Crippen MR) is 349 cm³/mol. The lowest BCUT2D eigenvalue weighted by Gasteiger charge is -2.18. The third kappa shape index (κ3) is 66.7. The molecule has 1 unspecified atom stereocenters. The lowest BCUT2D eigenvalue weighted by molar-refractivity contribution is -0.167. The van der Waals surface area contributed by atoms with Crippen molar-refractivity contribution >= 4 is 17.9 Å². The zero-order valence-corrected chi connectivity index (χ0v) is 54.4. The molecule has 0 aliphatic heterocycles. The number of hydrogen-bond donors (Lipinski definition) is 0. The van der Waals surface area contributed by atoms with Crippen LogP contribution in [0.3, 0.4) is 0 Å². The fourth-order valence-electron chi connectivity index (χ4n) is 11.2. The standard InChI is InChI=1S/C74H140O6/c1-4-7-10-13-16-19-22-25-27-29-30-31-32-33-34-35-36-37-38-39-40-41-42-43-44-46-47-49-52-55-58-61-64-67-73(76)79-70-71(69-78-72(75)66-63-60-57-54-51-24-21-18-15-12-9-6-3)80-74(77)68-65-62-59-56-53-50-48-45-28-26-23-20-17-14-11-8-5-2/h18,21,29-30,71H,4-17,19-20,22-28,31-70H2,1-3H3/b21-18-,30-29-. The Morgan fingerprint density at radius 2 is 0.412 bits per heavy atom. The van der Waals surface area contributed by atoms with E-state index in [0.717, 1.165) is 64.2 Å². The molecule has 1 atom stereocenters. The maximum absolute atomic E-state index is 12.9. The lowest BCUT2D eigenvalue weighted by Crippen LogP contribution is -2.30. The second-order valence-electron chi connectivity index (χ2n) is 24.9. The Labute approximate surface area is 500 Å². The van der Waals surface area contributed by atoms with Gasteiger partial charge in [-0.2, -0.15) is 0 Å². The Kier molecular flexibility index (Phi) is 67.6. The summed E-state index contributed by atoms with van der Waals surface area (Å²) in [6, 6.07) is 0. The maximum atomic E-state index is 12.9. The van der Waals surface area contributed by atoms with E-state index in [1.165, 1.54) is 308 Å². The fourth-order valence-corrected chi connectivity index (χ4v) is 11.2. The molecule has 0 spiro atoms. The van der Waals surface area contributed by atoms with Gasteiger partial charge in [0.1, 0.15) is 13.2 Å². The van der Waals surface area contributed by atoms with Crippen LogP contribution in [0.1, 0.15) is 412 Å². The smallest absolute Gasteiger partial charge is 0.306 e. The SMILES string of the molecule is CCCCC/C=C\CCCCCCCC(=O)OCC(COC(=O)CCCCCCCCCCCCCCCCCCCCCCC/C=C\CCCCCCCCCC)OC(=O)CCCCCCCCCCCCCCCCCCC. The molecule has 0 saturated carbocycles. The fraction of sp³-hybridized carbons (Fsp3) is 0.905. The molecule has 0 aromatic rings. The van der Waals surface area contributed by atoms with E-state index in [1.807, 2.05) is 0 Å². The molecule has 0 bridgehead atoms. The van der Waals surface area contributed by atoms with E-state index in [0.29, 0.717) is 19.3 Å². The summed E-state index contributed by atoms with van der Waals surface area (Å²) in [6.45, 7) is 6.69. The Morgan fingerprint density at radius 1 is 0.237 bits per heavy atom. The van der Waals surface area contributed by atoms with Gasteiger partial charge in [-0.25, -0.2) is 0 Å². The second-order valence-corrected chi connectivity index (χ2v) is 24.9. The number of allylic oxidation sites excluding steroid dienone is 4. The third-order valence-corrected chi connectivity index (χ3v) is 16.7. The first-order chi connectivity index (χ1) is 39.5. The van der Waals surface area contributed by atoms with Gasteiger partial charge in [0, 0.05) is 19.3 Å². The van der Waals surface area contributed by atoms with Crippen molar-refractivity contribution in [3.63, 3.8) is 0 Å². The van der Waals surface area contributed by atoms with Crippen LogP contribution < -0.4 is 0 Å². The summed E-state index contributed by atoms with van der Waals surface area (Å²) in [5, 5.41) is 0. The van der Waals surface area contributed by atoms with Gasteiger partial charge >= 0.3 is 17.9 Å². The molecule has 80 heavy (non-hydrogen) atoms. The van der Waals surface area contributed by atoms with E-state index in [4.69, 9.17) is 14.2 Å². The zero-order chi connectivity index (χ0) is 57.8. The van der Waals surface area contributed by atoms with Gasteiger partial charge in [-0.1, -0.05) is 347 Å². The highest BCUT2D eigenvalue weighted by Crippen LogP contribution is 2.19. The van der Waals surface area contributed by atoms with Gasteiger partial charge in [0.25, 0.3) is 0 Å². The van der Waals surface area contributed by atoms with Gasteiger partial charge in [-0.05, 0) is 70.6 Å².